The lowest BCUT2D eigenvalue weighted by molar-refractivity contribution is -0.453. The number of rotatable bonds is 8. The van der Waals surface area contributed by atoms with Gasteiger partial charge in [0.2, 0.25) is 0 Å². The molecule has 1 aliphatic carbocycles. The molecule has 1 aliphatic rings. The fourth-order valence-electron chi connectivity index (χ4n) is 3.91. The Hall–Kier alpha value is -2.08. The van der Waals surface area contributed by atoms with Crippen LogP contribution in [0.25, 0.3) is 0 Å². The number of aryl methyl sites for hydroxylation is 1. The quantitative estimate of drug-likeness (QED) is 0.186. The van der Waals surface area contributed by atoms with E-state index in [-0.39, 0.29) is 6.10 Å². The van der Waals surface area contributed by atoms with Gasteiger partial charge in [0.15, 0.2) is 0 Å². The van der Waals surface area contributed by atoms with Crippen LogP contribution in [0.15, 0.2) is 24.3 Å². The van der Waals surface area contributed by atoms with Gasteiger partial charge in [-0.25, -0.2) is 14.5 Å². The van der Waals surface area contributed by atoms with E-state index in [0.29, 0.717) is 5.56 Å². The van der Waals surface area contributed by atoms with E-state index in [2.05, 4.69) is 21.7 Å². The maximum atomic E-state index is 12.0. The van der Waals surface area contributed by atoms with Crippen LogP contribution in [-0.2, 0) is 26.0 Å². The van der Waals surface area contributed by atoms with Crippen LogP contribution in [0.5, 0.6) is 0 Å². The van der Waals surface area contributed by atoms with E-state index in [4.69, 9.17) is 4.74 Å². The topological polar surface area (TPSA) is 71.1 Å². The van der Waals surface area contributed by atoms with Gasteiger partial charge >= 0.3 is 12.1 Å². The number of unbranched alkanes of at least 4 members (excludes halogenated alkanes) is 2. The molecule has 174 valence electrons. The van der Waals surface area contributed by atoms with E-state index in [0.717, 1.165) is 51.4 Å². The van der Waals surface area contributed by atoms with Crippen molar-refractivity contribution < 1.29 is 29.1 Å². The Balaban J connectivity index is 1.67. The van der Waals surface area contributed by atoms with Gasteiger partial charge in [-0.2, -0.15) is 0 Å². The summed E-state index contributed by atoms with van der Waals surface area (Å²) in [6.07, 6.45) is 15.7. The minimum absolute atomic E-state index is 0.188. The molecule has 0 amide bonds. The lowest BCUT2D eigenvalue weighted by Gasteiger charge is -2.17. The molecule has 0 atom stereocenters. The molecule has 0 aliphatic heterocycles. The lowest BCUT2D eigenvalue weighted by atomic mass is 9.99. The molecule has 0 unspecified atom stereocenters. The minimum atomic E-state index is -0.976. The third kappa shape index (κ3) is 11.2. The Bertz CT molecular complexity index is 615. The summed E-state index contributed by atoms with van der Waals surface area (Å²) >= 11 is 0. The number of carbonyl (C=O) groups excluding carboxylic acids is 2. The Morgan fingerprint density at radius 3 is 1.97 bits per heavy atom. The average Bonchev–Trinajstić information content (AvgIpc) is 2.76. The van der Waals surface area contributed by atoms with Crippen LogP contribution < -0.4 is 0 Å². The first-order chi connectivity index (χ1) is 15.2. The summed E-state index contributed by atoms with van der Waals surface area (Å²) in [5.74, 6) is -0.723. The average molecular weight is 435 g/mol. The second kappa shape index (κ2) is 15.7. The van der Waals surface area contributed by atoms with Crippen LogP contribution in [0, 0.1) is 0 Å². The van der Waals surface area contributed by atoms with E-state index < -0.39 is 12.1 Å². The molecule has 1 fully saturated rings. The highest BCUT2D eigenvalue weighted by Gasteiger charge is 2.18. The van der Waals surface area contributed by atoms with Crippen LogP contribution in [0.3, 0.4) is 0 Å². The summed E-state index contributed by atoms with van der Waals surface area (Å²) in [6, 6.07) is 7.14. The zero-order valence-electron chi connectivity index (χ0n) is 18.9. The van der Waals surface area contributed by atoms with Crippen LogP contribution in [0.4, 0.5) is 4.79 Å². The molecule has 0 spiro atoms. The molecule has 6 nitrogen and oxygen atoms in total. The van der Waals surface area contributed by atoms with Crippen LogP contribution >= 0.6 is 0 Å². The van der Waals surface area contributed by atoms with Gasteiger partial charge in [0.1, 0.15) is 6.10 Å². The molecule has 1 aromatic carbocycles. The lowest BCUT2D eigenvalue weighted by Crippen LogP contribution is -2.20. The molecular formula is C25H38O6. The Morgan fingerprint density at radius 1 is 0.806 bits per heavy atom. The van der Waals surface area contributed by atoms with Gasteiger partial charge in [0, 0.05) is 0 Å². The van der Waals surface area contributed by atoms with Crippen molar-refractivity contribution in [1.29, 1.82) is 0 Å². The molecular weight excluding hydrogens is 396 g/mol. The highest BCUT2D eigenvalue weighted by Crippen LogP contribution is 2.19. The second-order valence-corrected chi connectivity index (χ2v) is 8.43. The fraction of sp³-hybridized carbons (Fsp3) is 0.680. The smallest absolute Gasteiger partial charge is 0.429 e. The summed E-state index contributed by atoms with van der Waals surface area (Å²) < 4.78 is 5.37. The van der Waals surface area contributed by atoms with Crippen molar-refractivity contribution in [3.63, 3.8) is 0 Å². The number of hydrogen-bond donors (Lipinski definition) is 0. The van der Waals surface area contributed by atoms with E-state index in [1.807, 2.05) is 12.1 Å². The Labute approximate surface area is 186 Å². The molecule has 0 radical (unpaired) electrons. The first kappa shape index (κ1) is 25.2. The van der Waals surface area contributed by atoms with Gasteiger partial charge in [-0.1, -0.05) is 76.8 Å². The number of benzene rings is 1. The summed E-state index contributed by atoms with van der Waals surface area (Å²) in [7, 11) is 0. The molecule has 0 bridgehead atoms. The van der Waals surface area contributed by atoms with Crippen LogP contribution in [-0.4, -0.2) is 18.2 Å². The maximum Gasteiger partial charge on any atom is 0.543 e. The highest BCUT2D eigenvalue weighted by atomic mass is 17.5. The first-order valence-electron chi connectivity index (χ1n) is 12.0. The normalized spacial score (nSPS) is 16.5. The molecule has 31 heavy (non-hydrogen) atoms. The predicted octanol–water partition coefficient (Wildman–Crippen LogP) is 7.25. The molecule has 0 heterocycles. The SMILES string of the molecule is CCCCCc1ccc(C(=O)OOOC(=O)OC2CCCCCCCCCCC2)cc1. The molecule has 6 heteroatoms. The van der Waals surface area contributed by atoms with Gasteiger partial charge in [-0.05, 0) is 56.2 Å². The van der Waals surface area contributed by atoms with Crippen molar-refractivity contribution in [2.24, 2.45) is 0 Å². The van der Waals surface area contributed by atoms with Crippen molar-refractivity contribution in [3.05, 3.63) is 35.4 Å². The van der Waals surface area contributed by atoms with Gasteiger partial charge < -0.3 is 4.74 Å². The zero-order chi connectivity index (χ0) is 22.2. The monoisotopic (exact) mass is 434 g/mol. The summed E-state index contributed by atoms with van der Waals surface area (Å²) in [6.45, 7) is 2.17. The molecule has 0 aromatic heterocycles. The number of carbonyl (C=O) groups is 2. The fourth-order valence-corrected chi connectivity index (χ4v) is 3.91. The molecule has 1 aromatic rings. The minimum Gasteiger partial charge on any atom is -0.429 e. The van der Waals surface area contributed by atoms with Crippen molar-refractivity contribution in [1.82, 2.24) is 0 Å². The standard InChI is InChI=1S/C25H38O6/c1-2-3-11-14-21-17-19-22(20-18-21)24(26)29-31-30-25(27)28-23-15-12-9-7-5-4-6-8-10-13-16-23/h17-20,23H,2-16H2,1H3. The van der Waals surface area contributed by atoms with Crippen LogP contribution in [0.1, 0.15) is 113 Å². The zero-order valence-corrected chi connectivity index (χ0v) is 18.9. The summed E-state index contributed by atoms with van der Waals surface area (Å²) in [5, 5.41) is 4.38. The summed E-state index contributed by atoms with van der Waals surface area (Å²) in [4.78, 5) is 33.0. The molecule has 2 rings (SSSR count). The first-order valence-corrected chi connectivity index (χ1v) is 12.0. The van der Waals surface area contributed by atoms with Crippen molar-refractivity contribution >= 4 is 12.1 Å². The third-order valence-electron chi connectivity index (χ3n) is 5.79. The maximum absolute atomic E-state index is 12.0. The van der Waals surface area contributed by atoms with Gasteiger partial charge in [-0.3, -0.25) is 4.89 Å². The van der Waals surface area contributed by atoms with Crippen LogP contribution in [0.2, 0.25) is 0 Å². The summed E-state index contributed by atoms with van der Waals surface area (Å²) in [5.41, 5.74) is 1.50. The second-order valence-electron chi connectivity index (χ2n) is 8.43. The van der Waals surface area contributed by atoms with Gasteiger partial charge in [-0.15, -0.1) is 0 Å². The van der Waals surface area contributed by atoms with Crippen molar-refractivity contribution in [2.75, 3.05) is 0 Å². The van der Waals surface area contributed by atoms with E-state index in [1.165, 1.54) is 50.5 Å². The predicted molar refractivity (Wildman–Crippen MR) is 118 cm³/mol. The Morgan fingerprint density at radius 2 is 1.39 bits per heavy atom. The molecule has 0 saturated heterocycles. The molecule has 0 N–H and O–H groups in total. The highest BCUT2D eigenvalue weighted by molar-refractivity contribution is 5.88. The molecule has 1 saturated carbocycles. The van der Waals surface area contributed by atoms with Crippen molar-refractivity contribution in [2.45, 2.75) is 109 Å². The third-order valence-corrected chi connectivity index (χ3v) is 5.79. The van der Waals surface area contributed by atoms with E-state index in [9.17, 15) is 9.59 Å². The van der Waals surface area contributed by atoms with Crippen molar-refractivity contribution in [3.8, 4) is 0 Å². The number of hydrogen-bond acceptors (Lipinski definition) is 6. The van der Waals surface area contributed by atoms with Gasteiger partial charge in [0.05, 0.1) is 10.6 Å². The van der Waals surface area contributed by atoms with E-state index >= 15 is 0 Å². The van der Waals surface area contributed by atoms with E-state index in [1.54, 1.807) is 12.1 Å². The van der Waals surface area contributed by atoms with Gasteiger partial charge in [0.25, 0.3) is 0 Å². The Kier molecular flexibility index (Phi) is 12.7. The number of ether oxygens (including phenoxy) is 1. The largest absolute Gasteiger partial charge is 0.543 e.